The van der Waals surface area contributed by atoms with E-state index in [0.717, 1.165) is 68.2 Å². The maximum absolute atomic E-state index is 12.6. The maximum atomic E-state index is 12.6. The van der Waals surface area contributed by atoms with Crippen molar-refractivity contribution in [3.05, 3.63) is 45.7 Å². The van der Waals surface area contributed by atoms with E-state index in [1.807, 2.05) is 6.20 Å². The van der Waals surface area contributed by atoms with Gasteiger partial charge in [0, 0.05) is 28.8 Å². The van der Waals surface area contributed by atoms with E-state index in [1.54, 1.807) is 6.20 Å². The van der Waals surface area contributed by atoms with Gasteiger partial charge in [-0.1, -0.05) is 20.8 Å². The molecule has 0 aromatic carbocycles. The molecule has 6 nitrogen and oxygen atoms in total. The third-order valence-electron chi connectivity index (χ3n) is 5.82. The molecule has 1 saturated heterocycles. The predicted molar refractivity (Wildman–Crippen MR) is 96.7 cm³/mol. The Hall–Kier alpha value is -1.95. The lowest BCUT2D eigenvalue weighted by Crippen LogP contribution is -2.42. The SMILES string of the molecule is CC(C)(C)c1nc2c(c(=O)[nH]1)CCC21CCN(Cc2ncc[nH]2)CC1. The number of aromatic nitrogens is 4. The first-order valence-electron chi connectivity index (χ1n) is 9.22. The fourth-order valence-corrected chi connectivity index (χ4v) is 4.23. The molecule has 4 rings (SSSR count). The third-order valence-corrected chi connectivity index (χ3v) is 5.82. The highest BCUT2D eigenvalue weighted by Crippen LogP contribution is 2.44. The van der Waals surface area contributed by atoms with Crippen LogP contribution in [0.25, 0.3) is 0 Å². The van der Waals surface area contributed by atoms with Gasteiger partial charge >= 0.3 is 0 Å². The molecular formula is C19H27N5O. The van der Waals surface area contributed by atoms with E-state index in [-0.39, 0.29) is 16.4 Å². The summed E-state index contributed by atoms with van der Waals surface area (Å²) in [6.45, 7) is 9.23. The van der Waals surface area contributed by atoms with Gasteiger partial charge in [0.25, 0.3) is 5.56 Å². The smallest absolute Gasteiger partial charge is 0.254 e. The van der Waals surface area contributed by atoms with Crippen LogP contribution in [0.4, 0.5) is 0 Å². The molecule has 0 amide bonds. The Labute approximate surface area is 148 Å². The summed E-state index contributed by atoms with van der Waals surface area (Å²) in [5, 5.41) is 0. The van der Waals surface area contributed by atoms with Crippen molar-refractivity contribution >= 4 is 0 Å². The lowest BCUT2D eigenvalue weighted by molar-refractivity contribution is 0.147. The highest BCUT2D eigenvalue weighted by molar-refractivity contribution is 5.34. The van der Waals surface area contributed by atoms with Crippen molar-refractivity contribution in [1.29, 1.82) is 0 Å². The Bertz CT molecular complexity index is 807. The fraction of sp³-hybridized carbons (Fsp3) is 0.632. The quantitative estimate of drug-likeness (QED) is 0.878. The normalized spacial score (nSPS) is 20.1. The predicted octanol–water partition coefficient (Wildman–Crippen LogP) is 2.27. The molecule has 2 aliphatic rings. The van der Waals surface area contributed by atoms with Crippen molar-refractivity contribution < 1.29 is 0 Å². The largest absolute Gasteiger partial charge is 0.348 e. The summed E-state index contributed by atoms with van der Waals surface area (Å²) in [7, 11) is 0. The molecule has 0 unspecified atom stereocenters. The molecule has 1 aliphatic heterocycles. The first kappa shape index (κ1) is 16.5. The highest BCUT2D eigenvalue weighted by atomic mass is 16.1. The van der Waals surface area contributed by atoms with Gasteiger partial charge in [0.05, 0.1) is 12.2 Å². The Morgan fingerprint density at radius 3 is 2.64 bits per heavy atom. The van der Waals surface area contributed by atoms with Crippen LogP contribution in [0.5, 0.6) is 0 Å². The second kappa shape index (κ2) is 5.80. The number of aromatic amines is 2. The number of likely N-dealkylation sites (tertiary alicyclic amines) is 1. The molecule has 1 spiro atoms. The van der Waals surface area contributed by atoms with E-state index < -0.39 is 0 Å². The Morgan fingerprint density at radius 2 is 2.00 bits per heavy atom. The Balaban J connectivity index is 1.58. The number of hydrogen-bond acceptors (Lipinski definition) is 4. The number of H-pyrrole nitrogens is 2. The molecule has 0 saturated carbocycles. The van der Waals surface area contributed by atoms with Gasteiger partial charge in [-0.05, 0) is 38.8 Å². The van der Waals surface area contributed by atoms with E-state index in [4.69, 9.17) is 4.98 Å². The van der Waals surface area contributed by atoms with Gasteiger partial charge in [0.15, 0.2) is 0 Å². The number of rotatable bonds is 2. The molecule has 2 aromatic heterocycles. The van der Waals surface area contributed by atoms with Gasteiger partial charge in [0.2, 0.25) is 0 Å². The van der Waals surface area contributed by atoms with Gasteiger partial charge in [-0.15, -0.1) is 0 Å². The van der Waals surface area contributed by atoms with Crippen molar-refractivity contribution in [3.63, 3.8) is 0 Å². The minimum Gasteiger partial charge on any atom is -0.348 e. The molecule has 2 N–H and O–H groups in total. The van der Waals surface area contributed by atoms with Crippen LogP contribution in [-0.4, -0.2) is 37.9 Å². The number of fused-ring (bicyclic) bond motifs is 2. The number of nitrogens with one attached hydrogen (secondary N) is 2. The molecule has 1 aliphatic carbocycles. The topological polar surface area (TPSA) is 77.7 Å². The molecule has 6 heteroatoms. The second-order valence-corrected chi connectivity index (χ2v) is 8.58. The summed E-state index contributed by atoms with van der Waals surface area (Å²) < 4.78 is 0. The summed E-state index contributed by atoms with van der Waals surface area (Å²) in [6.07, 6.45) is 7.73. The zero-order chi connectivity index (χ0) is 17.7. The summed E-state index contributed by atoms with van der Waals surface area (Å²) in [5.41, 5.74) is 2.03. The van der Waals surface area contributed by atoms with Gasteiger partial charge in [-0.2, -0.15) is 0 Å². The average molecular weight is 341 g/mol. The highest BCUT2D eigenvalue weighted by Gasteiger charge is 2.44. The summed E-state index contributed by atoms with van der Waals surface area (Å²) in [6, 6.07) is 0. The number of hydrogen-bond donors (Lipinski definition) is 2. The average Bonchev–Trinajstić information content (AvgIpc) is 3.18. The van der Waals surface area contributed by atoms with Gasteiger partial charge < -0.3 is 9.97 Å². The van der Waals surface area contributed by atoms with Crippen LogP contribution >= 0.6 is 0 Å². The van der Waals surface area contributed by atoms with Crippen LogP contribution in [0.15, 0.2) is 17.2 Å². The van der Waals surface area contributed by atoms with E-state index >= 15 is 0 Å². The molecule has 0 atom stereocenters. The molecule has 134 valence electrons. The molecule has 2 aromatic rings. The summed E-state index contributed by atoms with van der Waals surface area (Å²) in [4.78, 5) is 30.5. The lowest BCUT2D eigenvalue weighted by atomic mass is 9.76. The van der Waals surface area contributed by atoms with Crippen molar-refractivity contribution in [2.45, 2.75) is 63.8 Å². The molecule has 1 fully saturated rings. The van der Waals surface area contributed by atoms with Crippen molar-refractivity contribution in [1.82, 2.24) is 24.8 Å². The maximum Gasteiger partial charge on any atom is 0.254 e. The zero-order valence-corrected chi connectivity index (χ0v) is 15.4. The van der Waals surface area contributed by atoms with E-state index in [1.165, 1.54) is 0 Å². The third kappa shape index (κ3) is 2.92. The molecule has 0 radical (unpaired) electrons. The fourth-order valence-electron chi connectivity index (χ4n) is 4.23. The van der Waals surface area contributed by atoms with Gasteiger partial charge in [0.1, 0.15) is 11.6 Å². The monoisotopic (exact) mass is 341 g/mol. The number of imidazole rings is 1. The van der Waals surface area contributed by atoms with Crippen LogP contribution in [0.3, 0.4) is 0 Å². The van der Waals surface area contributed by atoms with Crippen LogP contribution in [-0.2, 0) is 23.8 Å². The van der Waals surface area contributed by atoms with E-state index in [2.05, 4.69) is 40.6 Å². The van der Waals surface area contributed by atoms with Crippen LogP contribution in [0.1, 0.15) is 62.9 Å². The zero-order valence-electron chi connectivity index (χ0n) is 15.4. The van der Waals surface area contributed by atoms with E-state index in [9.17, 15) is 4.79 Å². The second-order valence-electron chi connectivity index (χ2n) is 8.58. The van der Waals surface area contributed by atoms with Crippen molar-refractivity contribution in [2.24, 2.45) is 0 Å². The summed E-state index contributed by atoms with van der Waals surface area (Å²) in [5.74, 6) is 1.84. The first-order chi connectivity index (χ1) is 11.9. The minimum atomic E-state index is -0.141. The van der Waals surface area contributed by atoms with Crippen LogP contribution < -0.4 is 5.56 Å². The van der Waals surface area contributed by atoms with Crippen molar-refractivity contribution in [2.75, 3.05) is 13.1 Å². The number of piperidine rings is 1. The minimum absolute atomic E-state index is 0.0739. The first-order valence-corrected chi connectivity index (χ1v) is 9.22. The standard InChI is InChI=1S/C19H27N5O/c1-18(2,3)17-22-15-13(16(25)23-17)4-5-19(15)6-10-24(11-7-19)12-14-20-8-9-21-14/h8-9H,4-7,10-12H2,1-3H3,(H,20,21)(H,22,23,25). The van der Waals surface area contributed by atoms with Crippen LogP contribution in [0.2, 0.25) is 0 Å². The molecule has 3 heterocycles. The molecule has 0 bridgehead atoms. The van der Waals surface area contributed by atoms with Gasteiger partial charge in [-0.25, -0.2) is 9.97 Å². The molecule has 25 heavy (non-hydrogen) atoms. The van der Waals surface area contributed by atoms with E-state index in [0.29, 0.717) is 0 Å². The lowest BCUT2D eigenvalue weighted by Gasteiger charge is -2.39. The van der Waals surface area contributed by atoms with Crippen molar-refractivity contribution in [3.8, 4) is 0 Å². The Morgan fingerprint density at radius 1 is 1.24 bits per heavy atom. The number of nitrogens with zero attached hydrogens (tertiary/aromatic N) is 3. The molecular weight excluding hydrogens is 314 g/mol. The van der Waals surface area contributed by atoms with Gasteiger partial charge in [-0.3, -0.25) is 9.69 Å². The Kier molecular flexibility index (Phi) is 3.83. The summed E-state index contributed by atoms with van der Waals surface area (Å²) >= 11 is 0. The van der Waals surface area contributed by atoms with Crippen LogP contribution in [0, 0.1) is 0 Å².